The van der Waals surface area contributed by atoms with Gasteiger partial charge in [-0.05, 0) is 37.3 Å². The topological polar surface area (TPSA) is 40.5 Å². The zero-order valence-corrected chi connectivity index (χ0v) is 9.55. The molecule has 0 radical (unpaired) electrons. The fourth-order valence-corrected chi connectivity index (χ4v) is 2.31. The van der Waals surface area contributed by atoms with Gasteiger partial charge in [-0.2, -0.15) is 11.8 Å². The molecule has 1 saturated heterocycles. The van der Waals surface area contributed by atoms with Gasteiger partial charge in [-0.1, -0.05) is 0 Å². The van der Waals surface area contributed by atoms with E-state index in [1.165, 1.54) is 18.6 Å². The lowest BCUT2D eigenvalue weighted by Gasteiger charge is -2.38. The van der Waals surface area contributed by atoms with Crippen LogP contribution in [-0.4, -0.2) is 47.6 Å². The standard InChI is InChI=1S/C10H19NO2S/c1-14-5-3-2-4-11-7-9(8-11)6-10(12)13/h9H,2-8H2,1H3,(H,12,13). The van der Waals surface area contributed by atoms with Gasteiger partial charge in [-0.15, -0.1) is 0 Å². The number of carboxylic acid groups (broad SMARTS) is 1. The van der Waals surface area contributed by atoms with Crippen LogP contribution in [-0.2, 0) is 4.79 Å². The van der Waals surface area contributed by atoms with Crippen molar-refractivity contribution in [2.24, 2.45) is 5.92 Å². The first-order valence-electron chi connectivity index (χ1n) is 5.15. The Kier molecular flexibility index (Phi) is 5.33. The van der Waals surface area contributed by atoms with Gasteiger partial charge in [0.1, 0.15) is 0 Å². The molecular formula is C10H19NO2S. The molecule has 0 saturated carbocycles. The molecule has 14 heavy (non-hydrogen) atoms. The molecule has 0 unspecified atom stereocenters. The Morgan fingerprint density at radius 3 is 2.79 bits per heavy atom. The lowest BCUT2D eigenvalue weighted by Crippen LogP contribution is -2.47. The summed E-state index contributed by atoms with van der Waals surface area (Å²) in [4.78, 5) is 12.7. The molecule has 4 heteroatoms. The highest BCUT2D eigenvalue weighted by Gasteiger charge is 2.27. The minimum absolute atomic E-state index is 0.349. The minimum Gasteiger partial charge on any atom is -0.481 e. The van der Waals surface area contributed by atoms with Crippen LogP contribution in [0.4, 0.5) is 0 Å². The lowest BCUT2D eigenvalue weighted by molar-refractivity contribution is -0.139. The monoisotopic (exact) mass is 217 g/mol. The third-order valence-corrected chi connectivity index (χ3v) is 3.27. The maximum Gasteiger partial charge on any atom is 0.303 e. The zero-order valence-electron chi connectivity index (χ0n) is 8.74. The summed E-state index contributed by atoms with van der Waals surface area (Å²) < 4.78 is 0. The number of nitrogens with zero attached hydrogens (tertiary/aromatic N) is 1. The molecule has 1 N–H and O–H groups in total. The van der Waals surface area contributed by atoms with Crippen molar-refractivity contribution >= 4 is 17.7 Å². The van der Waals surface area contributed by atoms with E-state index in [0.29, 0.717) is 12.3 Å². The highest BCUT2D eigenvalue weighted by molar-refractivity contribution is 7.98. The van der Waals surface area contributed by atoms with Crippen LogP contribution in [0.3, 0.4) is 0 Å². The van der Waals surface area contributed by atoms with Gasteiger partial charge >= 0.3 is 5.97 Å². The number of aliphatic carboxylic acids is 1. The molecule has 0 aromatic rings. The Bertz CT molecular complexity index is 181. The average molecular weight is 217 g/mol. The summed E-state index contributed by atoms with van der Waals surface area (Å²) in [6.45, 7) is 3.13. The van der Waals surface area contributed by atoms with Crippen molar-refractivity contribution < 1.29 is 9.90 Å². The predicted octanol–water partition coefficient (Wildman–Crippen LogP) is 1.54. The molecular weight excluding hydrogens is 198 g/mol. The Morgan fingerprint density at radius 2 is 2.21 bits per heavy atom. The van der Waals surface area contributed by atoms with Gasteiger partial charge in [0.25, 0.3) is 0 Å². The Balaban J connectivity index is 1.91. The maximum atomic E-state index is 10.4. The van der Waals surface area contributed by atoms with Crippen LogP contribution in [0.1, 0.15) is 19.3 Å². The number of rotatable bonds is 7. The number of carbonyl (C=O) groups is 1. The van der Waals surface area contributed by atoms with Gasteiger partial charge in [0.05, 0.1) is 6.42 Å². The number of hydrogen-bond acceptors (Lipinski definition) is 3. The number of thioether (sulfide) groups is 1. The highest BCUT2D eigenvalue weighted by Crippen LogP contribution is 2.19. The maximum absolute atomic E-state index is 10.4. The fraction of sp³-hybridized carbons (Fsp3) is 0.900. The van der Waals surface area contributed by atoms with Crippen LogP contribution in [0.2, 0.25) is 0 Å². The summed E-state index contributed by atoms with van der Waals surface area (Å²) in [7, 11) is 0. The quantitative estimate of drug-likeness (QED) is 0.657. The second kappa shape index (κ2) is 6.30. The molecule has 0 bridgehead atoms. The van der Waals surface area contributed by atoms with E-state index >= 15 is 0 Å². The summed E-state index contributed by atoms with van der Waals surface area (Å²) in [6, 6.07) is 0. The van der Waals surface area contributed by atoms with Crippen LogP contribution in [0.15, 0.2) is 0 Å². The van der Waals surface area contributed by atoms with Gasteiger partial charge < -0.3 is 10.0 Å². The van der Waals surface area contributed by atoms with Gasteiger partial charge in [-0.3, -0.25) is 4.79 Å². The Labute approximate surface area is 89.9 Å². The van der Waals surface area contributed by atoms with Crippen molar-refractivity contribution in [2.75, 3.05) is 31.6 Å². The largest absolute Gasteiger partial charge is 0.481 e. The first-order chi connectivity index (χ1) is 6.72. The third-order valence-electron chi connectivity index (χ3n) is 2.57. The van der Waals surface area contributed by atoms with Crippen molar-refractivity contribution in [3.05, 3.63) is 0 Å². The van der Waals surface area contributed by atoms with E-state index in [1.807, 2.05) is 11.8 Å². The molecule has 0 aromatic carbocycles. The second-order valence-electron chi connectivity index (χ2n) is 3.92. The molecule has 1 rings (SSSR count). The number of likely N-dealkylation sites (tertiary alicyclic amines) is 1. The summed E-state index contributed by atoms with van der Waals surface area (Å²) >= 11 is 1.89. The smallest absolute Gasteiger partial charge is 0.303 e. The van der Waals surface area contributed by atoms with Crippen molar-refractivity contribution in [2.45, 2.75) is 19.3 Å². The number of unbranched alkanes of at least 4 members (excludes halogenated alkanes) is 1. The van der Waals surface area contributed by atoms with Gasteiger partial charge in [0.15, 0.2) is 0 Å². The zero-order chi connectivity index (χ0) is 10.4. The molecule has 1 heterocycles. The lowest BCUT2D eigenvalue weighted by atomic mass is 9.96. The summed E-state index contributed by atoms with van der Waals surface area (Å²) in [5.74, 6) is 0.997. The van der Waals surface area contributed by atoms with Crippen molar-refractivity contribution in [3.8, 4) is 0 Å². The first-order valence-corrected chi connectivity index (χ1v) is 6.55. The Morgan fingerprint density at radius 1 is 1.50 bits per heavy atom. The molecule has 0 amide bonds. The van der Waals surface area contributed by atoms with E-state index in [0.717, 1.165) is 19.6 Å². The molecule has 1 aliphatic rings. The van der Waals surface area contributed by atoms with Gasteiger partial charge in [-0.25, -0.2) is 0 Å². The average Bonchev–Trinajstić information content (AvgIpc) is 2.06. The fourth-order valence-electron chi connectivity index (χ4n) is 1.82. The number of carboxylic acids is 1. The minimum atomic E-state index is -0.656. The van der Waals surface area contributed by atoms with E-state index in [-0.39, 0.29) is 0 Å². The molecule has 1 aliphatic heterocycles. The summed E-state index contributed by atoms with van der Waals surface area (Å²) in [5.41, 5.74) is 0. The molecule has 1 fully saturated rings. The van der Waals surface area contributed by atoms with Crippen LogP contribution < -0.4 is 0 Å². The predicted molar refractivity (Wildman–Crippen MR) is 59.8 cm³/mol. The van der Waals surface area contributed by atoms with Crippen molar-refractivity contribution in [1.29, 1.82) is 0 Å². The van der Waals surface area contributed by atoms with Crippen LogP contribution in [0, 0.1) is 5.92 Å². The van der Waals surface area contributed by atoms with Crippen LogP contribution in [0.25, 0.3) is 0 Å². The first kappa shape index (κ1) is 11.9. The highest BCUT2D eigenvalue weighted by atomic mass is 32.2. The van der Waals surface area contributed by atoms with E-state index in [4.69, 9.17) is 5.11 Å². The normalized spacial score (nSPS) is 18.1. The van der Waals surface area contributed by atoms with E-state index in [9.17, 15) is 4.79 Å². The van der Waals surface area contributed by atoms with E-state index in [1.54, 1.807) is 0 Å². The number of hydrogen-bond donors (Lipinski definition) is 1. The SMILES string of the molecule is CSCCCCN1CC(CC(=O)O)C1. The van der Waals surface area contributed by atoms with Gasteiger partial charge in [0.2, 0.25) is 0 Å². The van der Waals surface area contributed by atoms with Crippen LogP contribution >= 0.6 is 11.8 Å². The van der Waals surface area contributed by atoms with Crippen LogP contribution in [0.5, 0.6) is 0 Å². The summed E-state index contributed by atoms with van der Waals surface area (Å²) in [5, 5.41) is 8.56. The second-order valence-corrected chi connectivity index (χ2v) is 4.91. The molecule has 0 aromatic heterocycles. The molecule has 82 valence electrons. The Hall–Kier alpha value is -0.220. The van der Waals surface area contributed by atoms with E-state index < -0.39 is 5.97 Å². The van der Waals surface area contributed by atoms with Crippen molar-refractivity contribution in [3.63, 3.8) is 0 Å². The van der Waals surface area contributed by atoms with E-state index in [2.05, 4.69) is 11.2 Å². The third kappa shape index (κ3) is 4.33. The molecule has 0 spiro atoms. The van der Waals surface area contributed by atoms with Crippen molar-refractivity contribution in [1.82, 2.24) is 4.90 Å². The van der Waals surface area contributed by atoms with Gasteiger partial charge in [0, 0.05) is 13.1 Å². The molecule has 0 aliphatic carbocycles. The molecule has 0 atom stereocenters. The molecule has 3 nitrogen and oxygen atoms in total. The summed E-state index contributed by atoms with van der Waals surface area (Å²) in [6.07, 6.45) is 5.01.